The van der Waals surface area contributed by atoms with Crippen LogP contribution >= 0.6 is 15.9 Å². The zero-order valence-corrected chi connectivity index (χ0v) is 12.8. The van der Waals surface area contributed by atoms with Crippen LogP contribution in [0.1, 0.15) is 25.2 Å². The number of ether oxygens (including phenoxy) is 1. The number of hydrogen-bond acceptors (Lipinski definition) is 3. The molecule has 0 aliphatic rings. The molecule has 2 unspecified atom stereocenters. The van der Waals surface area contributed by atoms with Gasteiger partial charge in [0, 0.05) is 26.1 Å². The molecule has 0 aromatic carbocycles. The smallest absolute Gasteiger partial charge is 0.0738 e. The van der Waals surface area contributed by atoms with E-state index in [-0.39, 0.29) is 12.1 Å². The molecule has 1 heterocycles. The van der Waals surface area contributed by atoms with E-state index in [4.69, 9.17) is 4.74 Å². The fraction of sp³-hybridized carbons (Fsp3) is 0.750. The lowest BCUT2D eigenvalue weighted by Gasteiger charge is -2.22. The van der Waals surface area contributed by atoms with Gasteiger partial charge in [-0.2, -0.15) is 5.10 Å². The van der Waals surface area contributed by atoms with Crippen molar-refractivity contribution < 1.29 is 4.74 Å². The van der Waals surface area contributed by atoms with Crippen LogP contribution in [0.25, 0.3) is 0 Å². The maximum Gasteiger partial charge on any atom is 0.0738 e. The van der Waals surface area contributed by atoms with Crippen LogP contribution in [0, 0.1) is 6.92 Å². The van der Waals surface area contributed by atoms with Gasteiger partial charge in [-0.05, 0) is 43.7 Å². The largest absolute Gasteiger partial charge is 0.380 e. The molecule has 1 rings (SSSR count). The molecule has 1 N–H and O–H groups in total. The topological polar surface area (TPSA) is 39.1 Å². The molecule has 0 radical (unpaired) electrons. The number of nitrogens with one attached hydrogen (secondary N) is 1. The van der Waals surface area contributed by atoms with Gasteiger partial charge in [-0.25, -0.2) is 0 Å². The minimum Gasteiger partial charge on any atom is -0.380 e. The first-order valence-corrected chi connectivity index (χ1v) is 6.76. The zero-order chi connectivity index (χ0) is 13.0. The molecular weight excluding hydrogens is 282 g/mol. The van der Waals surface area contributed by atoms with Gasteiger partial charge >= 0.3 is 0 Å². The lowest BCUT2D eigenvalue weighted by Crippen LogP contribution is -2.39. The second kappa shape index (κ2) is 6.52. The minimum atomic E-state index is 0.174. The molecule has 0 bridgehead atoms. The molecule has 1 aromatic heterocycles. The molecule has 5 heteroatoms. The number of likely N-dealkylation sites (N-methyl/N-ethyl adjacent to an activating group) is 1. The van der Waals surface area contributed by atoms with Crippen molar-refractivity contribution in [1.82, 2.24) is 15.1 Å². The quantitative estimate of drug-likeness (QED) is 0.875. The standard InChI is InChI=1S/C12H22BrN3O/c1-6-16-11(12(13)8(2)15-16)7-10(14-4)9(3)17-5/h9-10,14H,6-7H2,1-5H3. The SMILES string of the molecule is CCn1nc(C)c(Br)c1CC(NC)C(C)OC. The third kappa shape index (κ3) is 3.30. The maximum atomic E-state index is 5.39. The summed E-state index contributed by atoms with van der Waals surface area (Å²) in [6, 6.07) is 0.290. The third-order valence-electron chi connectivity index (χ3n) is 3.18. The number of aryl methyl sites for hydroxylation is 2. The Morgan fingerprint density at radius 2 is 2.18 bits per heavy atom. The van der Waals surface area contributed by atoms with Crippen LogP contribution in [0.4, 0.5) is 0 Å². The predicted octanol–water partition coefficient (Wildman–Crippen LogP) is 2.14. The molecule has 0 saturated heterocycles. The fourth-order valence-corrected chi connectivity index (χ4v) is 2.39. The van der Waals surface area contributed by atoms with Crippen LogP contribution in [0.5, 0.6) is 0 Å². The second-order valence-corrected chi connectivity index (χ2v) is 4.99. The van der Waals surface area contributed by atoms with E-state index in [9.17, 15) is 0 Å². The lowest BCUT2D eigenvalue weighted by atomic mass is 10.1. The number of hydrogen-bond donors (Lipinski definition) is 1. The van der Waals surface area contributed by atoms with Crippen LogP contribution in [0.2, 0.25) is 0 Å². The predicted molar refractivity (Wildman–Crippen MR) is 73.4 cm³/mol. The summed E-state index contributed by atoms with van der Waals surface area (Å²) in [5.74, 6) is 0. The number of nitrogens with zero attached hydrogens (tertiary/aromatic N) is 2. The van der Waals surface area contributed by atoms with Gasteiger partial charge in [-0.15, -0.1) is 0 Å². The van der Waals surface area contributed by atoms with Gasteiger partial charge in [0.1, 0.15) is 0 Å². The molecule has 0 amide bonds. The van der Waals surface area contributed by atoms with Crippen molar-refractivity contribution in [3.63, 3.8) is 0 Å². The number of halogens is 1. The number of aromatic nitrogens is 2. The maximum absolute atomic E-state index is 5.39. The first kappa shape index (κ1) is 14.7. The van der Waals surface area contributed by atoms with E-state index in [2.05, 4.69) is 40.2 Å². The van der Waals surface area contributed by atoms with Crippen LogP contribution < -0.4 is 5.32 Å². The highest BCUT2D eigenvalue weighted by atomic mass is 79.9. The summed E-state index contributed by atoms with van der Waals surface area (Å²) in [6.07, 6.45) is 1.08. The highest BCUT2D eigenvalue weighted by Crippen LogP contribution is 2.23. The van der Waals surface area contributed by atoms with Crippen molar-refractivity contribution in [1.29, 1.82) is 0 Å². The highest BCUT2D eigenvalue weighted by Gasteiger charge is 2.20. The normalized spacial score (nSPS) is 14.9. The first-order chi connectivity index (χ1) is 8.04. The first-order valence-electron chi connectivity index (χ1n) is 5.96. The van der Waals surface area contributed by atoms with E-state index in [0.717, 1.165) is 23.1 Å². The number of rotatable bonds is 6. The van der Waals surface area contributed by atoms with Crippen LogP contribution in [-0.2, 0) is 17.7 Å². The Labute approximate surface area is 112 Å². The zero-order valence-electron chi connectivity index (χ0n) is 11.2. The van der Waals surface area contributed by atoms with E-state index >= 15 is 0 Å². The molecule has 17 heavy (non-hydrogen) atoms. The van der Waals surface area contributed by atoms with Crippen molar-refractivity contribution in [2.24, 2.45) is 0 Å². The molecule has 1 aromatic rings. The van der Waals surface area contributed by atoms with Crippen LogP contribution in [0.3, 0.4) is 0 Å². The summed E-state index contributed by atoms with van der Waals surface area (Å²) in [4.78, 5) is 0. The summed E-state index contributed by atoms with van der Waals surface area (Å²) in [6.45, 7) is 7.10. The molecule has 0 aliphatic carbocycles. The molecule has 4 nitrogen and oxygen atoms in total. The average Bonchev–Trinajstić information content (AvgIpc) is 2.61. The summed E-state index contributed by atoms with van der Waals surface area (Å²) >= 11 is 3.62. The summed E-state index contributed by atoms with van der Waals surface area (Å²) in [5.41, 5.74) is 2.27. The van der Waals surface area contributed by atoms with Gasteiger partial charge in [0.25, 0.3) is 0 Å². The molecule has 0 fully saturated rings. The van der Waals surface area contributed by atoms with E-state index in [1.807, 2.05) is 18.7 Å². The van der Waals surface area contributed by atoms with Crippen molar-refractivity contribution in [3.05, 3.63) is 15.9 Å². The van der Waals surface area contributed by atoms with E-state index in [1.54, 1.807) is 7.11 Å². The summed E-state index contributed by atoms with van der Waals surface area (Å²) in [7, 11) is 3.71. The monoisotopic (exact) mass is 303 g/mol. The van der Waals surface area contributed by atoms with Gasteiger partial charge in [-0.1, -0.05) is 0 Å². The Balaban J connectivity index is 2.92. The molecule has 98 valence electrons. The van der Waals surface area contributed by atoms with E-state index < -0.39 is 0 Å². The van der Waals surface area contributed by atoms with Gasteiger partial charge in [0.2, 0.25) is 0 Å². The summed E-state index contributed by atoms with van der Waals surface area (Å²) in [5, 5.41) is 7.80. The molecule has 0 saturated carbocycles. The van der Waals surface area contributed by atoms with Crippen molar-refractivity contribution in [2.75, 3.05) is 14.2 Å². The Bertz CT molecular complexity index is 365. The fourth-order valence-electron chi connectivity index (χ4n) is 1.94. The Kier molecular flexibility index (Phi) is 5.62. The third-order valence-corrected chi connectivity index (χ3v) is 4.21. The Hall–Kier alpha value is -0.390. The van der Waals surface area contributed by atoms with E-state index in [1.165, 1.54) is 5.69 Å². The molecular formula is C12H22BrN3O. The van der Waals surface area contributed by atoms with Crippen molar-refractivity contribution in [2.45, 2.75) is 45.9 Å². The van der Waals surface area contributed by atoms with Crippen molar-refractivity contribution in [3.8, 4) is 0 Å². The van der Waals surface area contributed by atoms with Gasteiger partial charge in [0.05, 0.1) is 22.0 Å². The summed E-state index contributed by atoms with van der Waals surface area (Å²) < 4.78 is 8.55. The molecule has 2 atom stereocenters. The average molecular weight is 304 g/mol. The van der Waals surface area contributed by atoms with Crippen LogP contribution in [-0.4, -0.2) is 36.1 Å². The Morgan fingerprint density at radius 1 is 1.53 bits per heavy atom. The van der Waals surface area contributed by atoms with Gasteiger partial charge in [0.15, 0.2) is 0 Å². The molecule has 0 spiro atoms. The number of methoxy groups -OCH3 is 1. The second-order valence-electron chi connectivity index (χ2n) is 4.20. The molecule has 0 aliphatic heterocycles. The van der Waals surface area contributed by atoms with Crippen LogP contribution in [0.15, 0.2) is 4.47 Å². The highest BCUT2D eigenvalue weighted by molar-refractivity contribution is 9.10. The van der Waals surface area contributed by atoms with Gasteiger partial charge in [-0.3, -0.25) is 4.68 Å². The van der Waals surface area contributed by atoms with Gasteiger partial charge < -0.3 is 10.1 Å². The van der Waals surface area contributed by atoms with Crippen molar-refractivity contribution >= 4 is 15.9 Å². The lowest BCUT2D eigenvalue weighted by molar-refractivity contribution is 0.0850. The Morgan fingerprint density at radius 3 is 2.65 bits per heavy atom. The minimum absolute atomic E-state index is 0.174. The van der Waals surface area contributed by atoms with E-state index in [0.29, 0.717) is 0 Å².